The molecule has 0 saturated carbocycles. The lowest BCUT2D eigenvalue weighted by atomic mass is 9.93. The Morgan fingerprint density at radius 2 is 2.05 bits per heavy atom. The Hall–Kier alpha value is -1.73. The monoisotopic (exact) mass is 281 g/mol. The lowest BCUT2D eigenvalue weighted by molar-refractivity contribution is -0.154. The van der Waals surface area contributed by atoms with Crippen molar-refractivity contribution < 1.29 is 32.6 Å². The van der Waals surface area contributed by atoms with Crippen LogP contribution >= 0.6 is 0 Å². The van der Waals surface area contributed by atoms with Crippen LogP contribution in [0.2, 0.25) is 0 Å². The van der Waals surface area contributed by atoms with E-state index in [9.17, 15) is 22.8 Å². The van der Waals surface area contributed by atoms with E-state index in [4.69, 9.17) is 5.11 Å². The highest BCUT2D eigenvalue weighted by molar-refractivity contribution is 5.74. The molecular weight excluding hydrogens is 267 g/mol. The van der Waals surface area contributed by atoms with Crippen molar-refractivity contribution in [3.8, 4) is 0 Å². The molecule has 1 rings (SSSR count). The first-order valence-corrected chi connectivity index (χ1v) is 5.56. The van der Waals surface area contributed by atoms with Crippen LogP contribution in [-0.4, -0.2) is 47.9 Å². The van der Waals surface area contributed by atoms with Gasteiger partial charge in [-0.05, 0) is 0 Å². The van der Waals surface area contributed by atoms with Gasteiger partial charge in [0.2, 0.25) is 0 Å². The molecule has 1 N–H and O–H groups in total. The van der Waals surface area contributed by atoms with Crippen molar-refractivity contribution in [3.05, 3.63) is 12.7 Å². The molecule has 1 saturated heterocycles. The maximum absolute atomic E-state index is 12.3. The lowest BCUT2D eigenvalue weighted by Crippen LogP contribution is -2.30. The van der Waals surface area contributed by atoms with E-state index in [1.165, 1.54) is 6.08 Å². The van der Waals surface area contributed by atoms with Gasteiger partial charge in [0.25, 0.3) is 0 Å². The van der Waals surface area contributed by atoms with Crippen LogP contribution in [0.1, 0.15) is 6.42 Å². The number of carboxylic acid groups (broad SMARTS) is 1. The van der Waals surface area contributed by atoms with E-state index in [-0.39, 0.29) is 19.7 Å². The van der Waals surface area contributed by atoms with Crippen molar-refractivity contribution in [2.24, 2.45) is 11.8 Å². The van der Waals surface area contributed by atoms with Crippen LogP contribution in [0.3, 0.4) is 0 Å². The summed E-state index contributed by atoms with van der Waals surface area (Å²) in [7, 11) is 0. The molecule has 19 heavy (non-hydrogen) atoms. The quantitative estimate of drug-likeness (QED) is 0.799. The molecular formula is C11H14F3NO4. The summed E-state index contributed by atoms with van der Waals surface area (Å²) in [6.45, 7) is 2.71. The summed E-state index contributed by atoms with van der Waals surface area (Å²) in [6, 6.07) is 0. The number of hydrogen-bond donors (Lipinski definition) is 1. The average molecular weight is 281 g/mol. The van der Waals surface area contributed by atoms with Gasteiger partial charge in [0, 0.05) is 25.4 Å². The lowest BCUT2D eigenvalue weighted by Gasteiger charge is -2.16. The van der Waals surface area contributed by atoms with E-state index in [1.807, 2.05) is 0 Å². The second-order valence-corrected chi connectivity index (χ2v) is 4.29. The summed E-state index contributed by atoms with van der Waals surface area (Å²) in [4.78, 5) is 23.4. The van der Waals surface area contributed by atoms with Gasteiger partial charge in [-0.15, -0.1) is 0 Å². The number of carbonyl (C=O) groups is 2. The van der Waals surface area contributed by atoms with Crippen LogP contribution in [0, 0.1) is 11.8 Å². The van der Waals surface area contributed by atoms with E-state index >= 15 is 0 Å². The summed E-state index contributed by atoms with van der Waals surface area (Å²) in [5.74, 6) is -3.71. The van der Waals surface area contributed by atoms with Crippen molar-refractivity contribution >= 4 is 12.1 Å². The molecule has 0 unspecified atom stereocenters. The molecule has 2 atom stereocenters. The van der Waals surface area contributed by atoms with Crippen LogP contribution in [0.4, 0.5) is 18.0 Å². The van der Waals surface area contributed by atoms with Crippen molar-refractivity contribution in [3.63, 3.8) is 0 Å². The summed E-state index contributed by atoms with van der Waals surface area (Å²) in [5.41, 5.74) is 0. The average Bonchev–Trinajstić information content (AvgIpc) is 2.67. The van der Waals surface area contributed by atoms with Gasteiger partial charge in [0.05, 0.1) is 5.92 Å². The Morgan fingerprint density at radius 3 is 2.53 bits per heavy atom. The number of likely N-dealkylation sites (tertiary alicyclic amines) is 1. The third kappa shape index (κ3) is 4.46. The minimum absolute atomic E-state index is 0.0724. The molecule has 0 bridgehead atoms. The third-order valence-corrected chi connectivity index (χ3v) is 2.83. The van der Waals surface area contributed by atoms with Gasteiger partial charge in [0.15, 0.2) is 0 Å². The minimum atomic E-state index is -4.46. The number of nitrogens with zero attached hydrogens (tertiary/aromatic N) is 1. The van der Waals surface area contributed by atoms with Crippen LogP contribution < -0.4 is 0 Å². The largest absolute Gasteiger partial charge is 0.481 e. The second kappa shape index (κ2) is 5.94. The fraction of sp³-hybridized carbons (Fsp3) is 0.636. The zero-order chi connectivity index (χ0) is 14.6. The normalized spacial score (nSPS) is 23.2. The summed E-state index contributed by atoms with van der Waals surface area (Å²) < 4.78 is 41.7. The zero-order valence-electron chi connectivity index (χ0n) is 10.0. The van der Waals surface area contributed by atoms with Crippen LogP contribution in [-0.2, 0) is 9.53 Å². The highest BCUT2D eigenvalue weighted by Crippen LogP contribution is 2.34. The molecule has 0 aromatic rings. The maximum atomic E-state index is 12.3. The van der Waals surface area contributed by atoms with Gasteiger partial charge in [-0.2, -0.15) is 13.2 Å². The first kappa shape index (κ1) is 15.3. The van der Waals surface area contributed by atoms with E-state index in [2.05, 4.69) is 11.3 Å². The fourth-order valence-corrected chi connectivity index (χ4v) is 2.03. The number of carboxylic acids is 1. The number of aliphatic carboxylic acids is 1. The van der Waals surface area contributed by atoms with E-state index in [0.717, 1.165) is 4.90 Å². The molecule has 8 heteroatoms. The number of ether oxygens (including phenoxy) is 1. The Kier molecular flexibility index (Phi) is 4.79. The molecule has 1 amide bonds. The van der Waals surface area contributed by atoms with Crippen molar-refractivity contribution in [1.29, 1.82) is 0 Å². The molecule has 0 aromatic heterocycles. The van der Waals surface area contributed by atoms with Crippen LogP contribution in [0.15, 0.2) is 12.7 Å². The predicted molar refractivity (Wildman–Crippen MR) is 58.4 cm³/mol. The standard InChI is InChI=1S/C11H14F3NO4/c1-2-3-19-10(18)15-5-7(4-11(12,13)14)8(6-15)9(16)17/h2,7-8H,1,3-6H2,(H,16,17)/t7-,8-/m0/s1. The van der Waals surface area contributed by atoms with E-state index in [0.29, 0.717) is 0 Å². The zero-order valence-corrected chi connectivity index (χ0v) is 10.0. The topological polar surface area (TPSA) is 66.8 Å². The SMILES string of the molecule is C=CCOC(=O)N1C[C@H](CC(F)(F)F)[C@@H](C(=O)O)C1. The van der Waals surface area contributed by atoms with E-state index < -0.39 is 36.5 Å². The third-order valence-electron chi connectivity index (χ3n) is 2.83. The first-order chi connectivity index (χ1) is 8.74. The van der Waals surface area contributed by atoms with Crippen molar-refractivity contribution in [2.75, 3.05) is 19.7 Å². The molecule has 0 spiro atoms. The van der Waals surface area contributed by atoms with Crippen LogP contribution in [0.5, 0.6) is 0 Å². The van der Waals surface area contributed by atoms with E-state index in [1.54, 1.807) is 0 Å². The summed E-state index contributed by atoms with van der Waals surface area (Å²) >= 11 is 0. The Bertz CT molecular complexity index is 369. The molecule has 108 valence electrons. The van der Waals surface area contributed by atoms with Crippen LogP contribution in [0.25, 0.3) is 0 Å². The van der Waals surface area contributed by atoms with Gasteiger partial charge in [-0.3, -0.25) is 4.79 Å². The Balaban J connectivity index is 2.69. The number of hydrogen-bond acceptors (Lipinski definition) is 3. The van der Waals surface area contributed by atoms with Gasteiger partial charge >= 0.3 is 18.2 Å². The highest BCUT2D eigenvalue weighted by atomic mass is 19.4. The molecule has 5 nitrogen and oxygen atoms in total. The smallest absolute Gasteiger partial charge is 0.410 e. The number of amides is 1. The molecule has 0 aromatic carbocycles. The number of alkyl halides is 3. The number of carbonyl (C=O) groups excluding carboxylic acids is 1. The molecule has 0 radical (unpaired) electrons. The minimum Gasteiger partial charge on any atom is -0.481 e. The molecule has 1 fully saturated rings. The fourth-order valence-electron chi connectivity index (χ4n) is 2.03. The predicted octanol–water partition coefficient (Wildman–Crippen LogP) is 1.89. The second-order valence-electron chi connectivity index (χ2n) is 4.29. The van der Waals surface area contributed by atoms with Crippen molar-refractivity contribution in [2.45, 2.75) is 12.6 Å². The first-order valence-electron chi connectivity index (χ1n) is 5.56. The van der Waals surface area contributed by atoms with Gasteiger partial charge < -0.3 is 14.7 Å². The highest BCUT2D eigenvalue weighted by Gasteiger charge is 2.45. The Labute approximate surface area is 107 Å². The number of halogens is 3. The number of rotatable bonds is 4. The van der Waals surface area contributed by atoms with Crippen molar-refractivity contribution in [1.82, 2.24) is 4.90 Å². The maximum Gasteiger partial charge on any atom is 0.410 e. The van der Waals surface area contributed by atoms with Gasteiger partial charge in [-0.1, -0.05) is 12.7 Å². The van der Waals surface area contributed by atoms with Gasteiger partial charge in [0.1, 0.15) is 6.61 Å². The molecule has 0 aliphatic carbocycles. The Morgan fingerprint density at radius 1 is 1.42 bits per heavy atom. The molecule has 1 heterocycles. The summed E-state index contributed by atoms with van der Waals surface area (Å²) in [6.07, 6.45) is -5.19. The van der Waals surface area contributed by atoms with Gasteiger partial charge in [-0.25, -0.2) is 4.79 Å². The summed E-state index contributed by atoms with van der Waals surface area (Å²) in [5, 5.41) is 8.89. The molecule has 1 aliphatic rings. The molecule has 1 aliphatic heterocycles.